The lowest BCUT2D eigenvalue weighted by Crippen LogP contribution is -2.43. The molecule has 1 fully saturated rings. The number of ether oxygens (including phenoxy) is 1. The normalized spacial score (nSPS) is 25.4. The Morgan fingerprint density at radius 3 is 2.95 bits per heavy atom. The van der Waals surface area contributed by atoms with Crippen molar-refractivity contribution in [2.45, 2.75) is 38.1 Å². The van der Waals surface area contributed by atoms with Crippen LogP contribution in [0.2, 0.25) is 0 Å². The predicted molar refractivity (Wildman–Crippen MR) is 87.0 cm³/mol. The summed E-state index contributed by atoms with van der Waals surface area (Å²) in [6.45, 7) is 1.99. The van der Waals surface area contributed by atoms with E-state index in [2.05, 4.69) is 29.4 Å². The Hall–Kier alpha value is -1.55. The largest absolute Gasteiger partial charge is 0.497 e. The van der Waals surface area contributed by atoms with Crippen LogP contribution in [0.5, 0.6) is 5.75 Å². The van der Waals surface area contributed by atoms with Gasteiger partial charge in [0.25, 0.3) is 0 Å². The molecule has 1 N–H and O–H groups in total. The molecule has 3 rings (SSSR count). The van der Waals surface area contributed by atoms with Crippen molar-refractivity contribution in [1.29, 1.82) is 0 Å². The SMILES string of the molecule is COc1ccc2c(c1)CCC[C@H]2NC(=O)[C@@H]1CCCN(C)C1. The van der Waals surface area contributed by atoms with Gasteiger partial charge in [-0.3, -0.25) is 4.79 Å². The number of nitrogens with zero attached hydrogens (tertiary/aromatic N) is 1. The zero-order valence-electron chi connectivity index (χ0n) is 13.6. The van der Waals surface area contributed by atoms with Gasteiger partial charge >= 0.3 is 0 Å². The summed E-state index contributed by atoms with van der Waals surface area (Å²) < 4.78 is 5.31. The van der Waals surface area contributed by atoms with E-state index in [-0.39, 0.29) is 17.9 Å². The van der Waals surface area contributed by atoms with E-state index in [1.165, 1.54) is 11.1 Å². The van der Waals surface area contributed by atoms with Gasteiger partial charge in [-0.1, -0.05) is 6.07 Å². The molecule has 0 aromatic heterocycles. The first kappa shape index (κ1) is 15.3. The highest BCUT2D eigenvalue weighted by molar-refractivity contribution is 5.79. The summed E-state index contributed by atoms with van der Waals surface area (Å²) in [6.07, 6.45) is 5.36. The second-order valence-corrected chi connectivity index (χ2v) is 6.62. The number of piperidine rings is 1. The maximum Gasteiger partial charge on any atom is 0.224 e. The minimum absolute atomic E-state index is 0.141. The van der Waals surface area contributed by atoms with Crippen LogP contribution in [0.25, 0.3) is 0 Å². The van der Waals surface area contributed by atoms with E-state index in [4.69, 9.17) is 4.74 Å². The highest BCUT2D eigenvalue weighted by Crippen LogP contribution is 2.32. The smallest absolute Gasteiger partial charge is 0.224 e. The van der Waals surface area contributed by atoms with Crippen LogP contribution in [0.15, 0.2) is 18.2 Å². The number of fused-ring (bicyclic) bond motifs is 1. The molecule has 0 spiro atoms. The van der Waals surface area contributed by atoms with Crippen molar-refractivity contribution < 1.29 is 9.53 Å². The molecule has 22 heavy (non-hydrogen) atoms. The van der Waals surface area contributed by atoms with E-state index in [0.717, 1.165) is 50.9 Å². The lowest BCUT2D eigenvalue weighted by atomic mass is 9.87. The number of carbonyl (C=O) groups excluding carboxylic acids is 1. The number of rotatable bonds is 3. The van der Waals surface area contributed by atoms with Gasteiger partial charge < -0.3 is 15.0 Å². The number of carbonyl (C=O) groups is 1. The molecule has 0 bridgehead atoms. The molecule has 1 aromatic carbocycles. The molecule has 1 saturated heterocycles. The van der Waals surface area contributed by atoms with Crippen molar-refractivity contribution in [3.8, 4) is 5.75 Å². The Labute approximate surface area is 132 Å². The topological polar surface area (TPSA) is 41.6 Å². The van der Waals surface area contributed by atoms with Gasteiger partial charge in [0.05, 0.1) is 19.1 Å². The summed E-state index contributed by atoms with van der Waals surface area (Å²) in [6, 6.07) is 6.39. The first-order chi connectivity index (χ1) is 10.7. The van der Waals surface area contributed by atoms with E-state index in [1.807, 2.05) is 6.07 Å². The predicted octanol–water partition coefficient (Wildman–Crippen LogP) is 2.53. The van der Waals surface area contributed by atoms with E-state index < -0.39 is 0 Å². The minimum atomic E-state index is 0.141. The Balaban J connectivity index is 1.70. The summed E-state index contributed by atoms with van der Waals surface area (Å²) in [4.78, 5) is 14.8. The molecular weight excluding hydrogens is 276 g/mol. The molecule has 0 saturated carbocycles. The molecule has 1 amide bonds. The van der Waals surface area contributed by atoms with Crippen LogP contribution in [-0.4, -0.2) is 38.1 Å². The van der Waals surface area contributed by atoms with Gasteiger partial charge in [-0.05, 0) is 69.0 Å². The maximum absolute atomic E-state index is 12.6. The van der Waals surface area contributed by atoms with Crippen molar-refractivity contribution in [2.24, 2.45) is 5.92 Å². The van der Waals surface area contributed by atoms with Crippen molar-refractivity contribution in [3.63, 3.8) is 0 Å². The molecule has 0 radical (unpaired) electrons. The maximum atomic E-state index is 12.6. The number of methoxy groups -OCH3 is 1. The van der Waals surface area contributed by atoms with Crippen LogP contribution in [0.1, 0.15) is 42.9 Å². The van der Waals surface area contributed by atoms with Crippen LogP contribution in [0, 0.1) is 5.92 Å². The average Bonchev–Trinajstić information content (AvgIpc) is 2.54. The number of hydrogen-bond donors (Lipinski definition) is 1. The van der Waals surface area contributed by atoms with Gasteiger partial charge in [-0.2, -0.15) is 0 Å². The average molecular weight is 302 g/mol. The molecular formula is C18H26N2O2. The number of likely N-dealkylation sites (tertiary alicyclic amines) is 1. The Morgan fingerprint density at radius 2 is 2.18 bits per heavy atom. The lowest BCUT2D eigenvalue weighted by Gasteiger charge is -2.32. The molecule has 2 aliphatic rings. The second-order valence-electron chi connectivity index (χ2n) is 6.62. The minimum Gasteiger partial charge on any atom is -0.497 e. The third kappa shape index (κ3) is 3.27. The number of amides is 1. The van der Waals surface area contributed by atoms with Gasteiger partial charge in [0, 0.05) is 6.54 Å². The lowest BCUT2D eigenvalue weighted by molar-refractivity contribution is -0.127. The monoisotopic (exact) mass is 302 g/mol. The Kier molecular flexibility index (Phi) is 4.67. The van der Waals surface area contributed by atoms with E-state index in [1.54, 1.807) is 7.11 Å². The van der Waals surface area contributed by atoms with Gasteiger partial charge in [-0.15, -0.1) is 0 Å². The summed E-state index contributed by atoms with van der Waals surface area (Å²) in [7, 11) is 3.80. The Bertz CT molecular complexity index is 544. The molecule has 0 unspecified atom stereocenters. The molecule has 4 heteroatoms. The number of nitrogens with one attached hydrogen (secondary N) is 1. The highest BCUT2D eigenvalue weighted by Gasteiger charge is 2.28. The number of benzene rings is 1. The fraction of sp³-hybridized carbons (Fsp3) is 0.611. The molecule has 1 heterocycles. The van der Waals surface area contributed by atoms with Crippen LogP contribution in [-0.2, 0) is 11.2 Å². The van der Waals surface area contributed by atoms with Crippen LogP contribution in [0.3, 0.4) is 0 Å². The van der Waals surface area contributed by atoms with Gasteiger partial charge in [0.2, 0.25) is 5.91 Å². The van der Waals surface area contributed by atoms with Crippen molar-refractivity contribution >= 4 is 5.91 Å². The summed E-state index contributed by atoms with van der Waals surface area (Å²) in [5.41, 5.74) is 2.58. The molecule has 1 aliphatic heterocycles. The number of aryl methyl sites for hydroxylation is 1. The summed E-state index contributed by atoms with van der Waals surface area (Å²) in [5, 5.41) is 3.30. The highest BCUT2D eigenvalue weighted by atomic mass is 16.5. The van der Waals surface area contributed by atoms with E-state index in [9.17, 15) is 4.79 Å². The standard InChI is InChI=1S/C18H26N2O2/c1-20-10-4-6-14(12-20)18(21)19-17-7-3-5-13-11-15(22-2)8-9-16(13)17/h8-9,11,14,17H,3-7,10,12H2,1-2H3,(H,19,21)/t14-,17-/m1/s1. The van der Waals surface area contributed by atoms with Crippen molar-refractivity contribution in [2.75, 3.05) is 27.2 Å². The molecule has 2 atom stereocenters. The molecule has 1 aliphatic carbocycles. The van der Waals surface area contributed by atoms with E-state index in [0.29, 0.717) is 0 Å². The molecule has 4 nitrogen and oxygen atoms in total. The summed E-state index contributed by atoms with van der Waals surface area (Å²) >= 11 is 0. The van der Waals surface area contributed by atoms with Gasteiger partial charge in [-0.25, -0.2) is 0 Å². The fourth-order valence-corrected chi connectivity index (χ4v) is 3.74. The van der Waals surface area contributed by atoms with Crippen molar-refractivity contribution in [3.05, 3.63) is 29.3 Å². The van der Waals surface area contributed by atoms with Crippen LogP contribution >= 0.6 is 0 Å². The number of hydrogen-bond acceptors (Lipinski definition) is 3. The first-order valence-electron chi connectivity index (χ1n) is 8.33. The quantitative estimate of drug-likeness (QED) is 0.933. The van der Waals surface area contributed by atoms with Gasteiger partial charge in [0.15, 0.2) is 0 Å². The second kappa shape index (κ2) is 6.69. The molecule has 1 aromatic rings. The van der Waals surface area contributed by atoms with Crippen LogP contribution < -0.4 is 10.1 Å². The zero-order valence-corrected chi connectivity index (χ0v) is 13.6. The van der Waals surface area contributed by atoms with Crippen LogP contribution in [0.4, 0.5) is 0 Å². The summed E-state index contributed by atoms with van der Waals surface area (Å²) in [5.74, 6) is 1.27. The third-order valence-electron chi connectivity index (χ3n) is 4.98. The fourth-order valence-electron chi connectivity index (χ4n) is 3.74. The van der Waals surface area contributed by atoms with E-state index >= 15 is 0 Å². The Morgan fingerprint density at radius 1 is 1.32 bits per heavy atom. The molecule has 120 valence electrons. The van der Waals surface area contributed by atoms with Crippen molar-refractivity contribution in [1.82, 2.24) is 10.2 Å². The zero-order chi connectivity index (χ0) is 15.5. The van der Waals surface area contributed by atoms with Gasteiger partial charge in [0.1, 0.15) is 5.75 Å². The third-order valence-corrected chi connectivity index (χ3v) is 4.98. The first-order valence-corrected chi connectivity index (χ1v) is 8.33.